The van der Waals surface area contributed by atoms with E-state index >= 15 is 0 Å². The summed E-state index contributed by atoms with van der Waals surface area (Å²) in [4.78, 5) is 11.8. The highest BCUT2D eigenvalue weighted by atomic mass is 19.3. The van der Waals surface area contributed by atoms with E-state index in [9.17, 15) is 18.0 Å². The third-order valence-corrected chi connectivity index (χ3v) is 2.92. The molecule has 120 valence electrons. The fourth-order valence-corrected chi connectivity index (χ4v) is 1.80. The number of hydrogen-bond acceptors (Lipinski definition) is 3. The number of nitrogens with one attached hydrogen (secondary N) is 1. The van der Waals surface area contributed by atoms with Crippen LogP contribution in [-0.2, 0) is 0 Å². The molecule has 0 aliphatic heterocycles. The van der Waals surface area contributed by atoms with E-state index in [2.05, 4.69) is 15.3 Å². The molecule has 4 nitrogen and oxygen atoms in total. The molecule has 0 aliphatic rings. The lowest BCUT2D eigenvalue weighted by atomic mass is 10.1. The van der Waals surface area contributed by atoms with Gasteiger partial charge in [-0.15, -0.1) is 0 Å². The van der Waals surface area contributed by atoms with Crippen molar-refractivity contribution in [1.82, 2.24) is 5.43 Å². The Morgan fingerprint density at radius 1 is 1.17 bits per heavy atom. The second-order valence-corrected chi connectivity index (χ2v) is 4.52. The van der Waals surface area contributed by atoms with Crippen molar-refractivity contribution < 1.29 is 22.7 Å². The van der Waals surface area contributed by atoms with E-state index in [0.29, 0.717) is 11.3 Å². The first-order valence-corrected chi connectivity index (χ1v) is 6.62. The minimum absolute atomic E-state index is 0.0209. The molecule has 0 fully saturated rings. The summed E-state index contributed by atoms with van der Waals surface area (Å²) >= 11 is 0. The van der Waals surface area contributed by atoms with Crippen molar-refractivity contribution in [3.8, 4) is 5.75 Å². The highest BCUT2D eigenvalue weighted by Crippen LogP contribution is 2.16. The molecule has 23 heavy (non-hydrogen) atoms. The number of hydrogen-bond donors (Lipinski definition) is 1. The fourth-order valence-electron chi connectivity index (χ4n) is 1.80. The minimum Gasteiger partial charge on any atom is -0.435 e. The van der Waals surface area contributed by atoms with Gasteiger partial charge in [0.2, 0.25) is 0 Å². The van der Waals surface area contributed by atoms with Crippen LogP contribution >= 0.6 is 0 Å². The topological polar surface area (TPSA) is 50.7 Å². The van der Waals surface area contributed by atoms with Crippen LogP contribution in [0.1, 0.15) is 22.8 Å². The zero-order valence-corrected chi connectivity index (χ0v) is 12.1. The molecule has 0 unspecified atom stereocenters. The van der Waals surface area contributed by atoms with Crippen molar-refractivity contribution >= 4 is 11.6 Å². The van der Waals surface area contributed by atoms with Gasteiger partial charge in [0.25, 0.3) is 5.91 Å². The van der Waals surface area contributed by atoms with Crippen molar-refractivity contribution in [2.24, 2.45) is 5.10 Å². The van der Waals surface area contributed by atoms with Crippen LogP contribution in [0.5, 0.6) is 5.75 Å². The van der Waals surface area contributed by atoms with Gasteiger partial charge in [-0.1, -0.05) is 24.3 Å². The average molecular weight is 322 g/mol. The van der Waals surface area contributed by atoms with Crippen molar-refractivity contribution in [3.63, 3.8) is 0 Å². The summed E-state index contributed by atoms with van der Waals surface area (Å²) in [6.07, 6.45) is 0. The Morgan fingerprint density at radius 2 is 1.91 bits per heavy atom. The fraction of sp³-hybridized carbons (Fsp3) is 0.125. The van der Waals surface area contributed by atoms with Crippen LogP contribution in [0, 0.1) is 5.82 Å². The standard InChI is InChI=1S/C16H13F3N2O2/c1-10(11-5-4-6-12(9-11)23-16(18)19)20-21-15(22)13-7-2-3-8-14(13)17/h2-9,16H,1H3,(H,21,22)/b20-10-. The zero-order chi connectivity index (χ0) is 16.8. The first kappa shape index (κ1) is 16.5. The van der Waals surface area contributed by atoms with Crippen LogP contribution in [0.2, 0.25) is 0 Å². The molecule has 0 aromatic heterocycles. The summed E-state index contributed by atoms with van der Waals surface area (Å²) in [6.45, 7) is -1.36. The van der Waals surface area contributed by atoms with Gasteiger partial charge in [0.15, 0.2) is 0 Å². The first-order valence-electron chi connectivity index (χ1n) is 6.62. The van der Waals surface area contributed by atoms with Crippen LogP contribution in [0.3, 0.4) is 0 Å². The number of carbonyl (C=O) groups excluding carboxylic acids is 1. The van der Waals surface area contributed by atoms with Gasteiger partial charge in [-0.25, -0.2) is 9.82 Å². The van der Waals surface area contributed by atoms with Gasteiger partial charge < -0.3 is 4.74 Å². The molecule has 0 spiro atoms. The monoisotopic (exact) mass is 322 g/mol. The maximum absolute atomic E-state index is 13.5. The Bertz CT molecular complexity index is 733. The summed E-state index contributed by atoms with van der Waals surface area (Å²) in [6, 6.07) is 11.4. The lowest BCUT2D eigenvalue weighted by molar-refractivity contribution is -0.0498. The predicted molar refractivity (Wildman–Crippen MR) is 79.2 cm³/mol. The number of ether oxygens (including phenoxy) is 1. The largest absolute Gasteiger partial charge is 0.435 e. The smallest absolute Gasteiger partial charge is 0.387 e. The van der Waals surface area contributed by atoms with Crippen molar-refractivity contribution in [1.29, 1.82) is 0 Å². The Hall–Kier alpha value is -2.83. The van der Waals surface area contributed by atoms with E-state index in [1.165, 1.54) is 36.4 Å². The van der Waals surface area contributed by atoms with Crippen LogP contribution in [0.4, 0.5) is 13.2 Å². The van der Waals surface area contributed by atoms with Crippen molar-refractivity contribution in [3.05, 3.63) is 65.5 Å². The van der Waals surface area contributed by atoms with E-state index in [1.54, 1.807) is 13.0 Å². The van der Waals surface area contributed by atoms with E-state index in [-0.39, 0.29) is 11.3 Å². The first-order chi connectivity index (χ1) is 11.0. The molecule has 2 aromatic rings. The van der Waals surface area contributed by atoms with Crippen LogP contribution in [-0.4, -0.2) is 18.2 Å². The Morgan fingerprint density at radius 3 is 2.61 bits per heavy atom. The van der Waals surface area contributed by atoms with Gasteiger partial charge in [-0.05, 0) is 31.2 Å². The lowest BCUT2D eigenvalue weighted by Crippen LogP contribution is -2.20. The molecule has 0 radical (unpaired) electrons. The van der Waals surface area contributed by atoms with Crippen LogP contribution in [0.15, 0.2) is 53.6 Å². The van der Waals surface area contributed by atoms with E-state index in [1.807, 2.05) is 0 Å². The number of nitrogens with zero attached hydrogens (tertiary/aromatic N) is 1. The molecule has 2 aromatic carbocycles. The molecule has 0 saturated heterocycles. The van der Waals surface area contributed by atoms with Gasteiger partial charge in [0.1, 0.15) is 11.6 Å². The number of benzene rings is 2. The Balaban J connectivity index is 2.11. The molecular weight excluding hydrogens is 309 g/mol. The number of carbonyl (C=O) groups is 1. The van der Waals surface area contributed by atoms with Gasteiger partial charge in [0, 0.05) is 5.56 Å². The highest BCUT2D eigenvalue weighted by molar-refractivity contribution is 6.01. The summed E-state index contributed by atoms with van der Waals surface area (Å²) < 4.78 is 42.1. The highest BCUT2D eigenvalue weighted by Gasteiger charge is 2.10. The molecule has 1 amide bonds. The summed E-state index contributed by atoms with van der Waals surface area (Å²) in [5, 5.41) is 3.84. The zero-order valence-electron chi connectivity index (χ0n) is 12.1. The van der Waals surface area contributed by atoms with Crippen molar-refractivity contribution in [2.45, 2.75) is 13.5 Å². The average Bonchev–Trinajstić information content (AvgIpc) is 2.52. The number of hydrazone groups is 1. The molecule has 0 bridgehead atoms. The van der Waals surface area contributed by atoms with Gasteiger partial charge >= 0.3 is 6.61 Å². The van der Waals surface area contributed by atoms with Crippen LogP contribution in [0.25, 0.3) is 0 Å². The number of alkyl halides is 2. The second kappa shape index (κ2) is 7.44. The molecular formula is C16H13F3N2O2. The maximum Gasteiger partial charge on any atom is 0.387 e. The lowest BCUT2D eigenvalue weighted by Gasteiger charge is -2.07. The van der Waals surface area contributed by atoms with Gasteiger partial charge in [0.05, 0.1) is 11.3 Å². The summed E-state index contributed by atoms with van der Waals surface area (Å²) in [7, 11) is 0. The van der Waals surface area contributed by atoms with E-state index in [4.69, 9.17) is 0 Å². The quantitative estimate of drug-likeness (QED) is 0.676. The second-order valence-electron chi connectivity index (χ2n) is 4.52. The van der Waals surface area contributed by atoms with Crippen molar-refractivity contribution in [2.75, 3.05) is 0 Å². The third-order valence-electron chi connectivity index (χ3n) is 2.92. The SMILES string of the molecule is C/C(=N/NC(=O)c1ccccc1F)c1cccc(OC(F)F)c1. The summed E-state index contributed by atoms with van der Waals surface area (Å²) in [5.74, 6) is -1.39. The summed E-state index contributed by atoms with van der Waals surface area (Å²) in [5.41, 5.74) is 2.92. The normalized spacial score (nSPS) is 11.4. The third kappa shape index (κ3) is 4.57. The maximum atomic E-state index is 13.5. The van der Waals surface area contributed by atoms with Gasteiger partial charge in [-0.2, -0.15) is 13.9 Å². The molecule has 0 atom stereocenters. The number of amides is 1. The molecule has 0 saturated carbocycles. The van der Waals surface area contributed by atoms with E-state index in [0.717, 1.165) is 6.07 Å². The molecule has 0 aliphatic carbocycles. The minimum atomic E-state index is -2.93. The predicted octanol–water partition coefficient (Wildman–Crippen LogP) is 3.58. The Kier molecular flexibility index (Phi) is 5.35. The molecule has 7 heteroatoms. The van der Waals surface area contributed by atoms with E-state index < -0.39 is 18.3 Å². The van der Waals surface area contributed by atoms with Gasteiger partial charge in [-0.3, -0.25) is 4.79 Å². The molecule has 1 N–H and O–H groups in total. The van der Waals surface area contributed by atoms with Crippen LogP contribution < -0.4 is 10.2 Å². The molecule has 2 rings (SSSR count). The Labute approximate surface area is 130 Å². The number of halogens is 3. The number of rotatable bonds is 5. The molecule has 0 heterocycles.